The summed E-state index contributed by atoms with van der Waals surface area (Å²) in [6.45, 7) is 1.54. The Bertz CT molecular complexity index is 1010. The van der Waals surface area contributed by atoms with Crippen molar-refractivity contribution in [3.63, 3.8) is 0 Å². The standard InChI is InChI=1S/C29H36N2O5/c1-21(19-32)30-27(33)18-24-15-9-4-10-16-25(17-22-11-5-2-6-12-22)29(35)36-20-26(31-28(24)34)23-13-7-3-8-14-23/h2-9,11-14,21,24-26,32H,10,15-20H2,1H3,(H,30,33)(H,31,34)/t21-,24+,25+,26-/m0/s1. The average molecular weight is 493 g/mol. The van der Waals surface area contributed by atoms with Gasteiger partial charge in [-0.15, -0.1) is 0 Å². The van der Waals surface area contributed by atoms with Crippen LogP contribution < -0.4 is 10.6 Å². The number of carbonyl (C=O) groups is 3. The van der Waals surface area contributed by atoms with Crippen LogP contribution in [0.3, 0.4) is 0 Å². The summed E-state index contributed by atoms with van der Waals surface area (Å²) in [6, 6.07) is 18.3. The first-order valence-electron chi connectivity index (χ1n) is 12.6. The molecule has 2 aromatic rings. The van der Waals surface area contributed by atoms with E-state index in [-0.39, 0.29) is 49.4 Å². The van der Waals surface area contributed by atoms with Gasteiger partial charge in [-0.05, 0) is 43.7 Å². The highest BCUT2D eigenvalue weighted by Crippen LogP contribution is 2.22. The minimum Gasteiger partial charge on any atom is -0.463 e. The Balaban J connectivity index is 1.80. The molecule has 0 saturated carbocycles. The second-order valence-electron chi connectivity index (χ2n) is 9.33. The van der Waals surface area contributed by atoms with Gasteiger partial charge in [-0.3, -0.25) is 14.4 Å². The van der Waals surface area contributed by atoms with Gasteiger partial charge in [0.2, 0.25) is 11.8 Å². The minimum atomic E-state index is -0.588. The van der Waals surface area contributed by atoms with Crippen LogP contribution in [0, 0.1) is 11.8 Å². The van der Waals surface area contributed by atoms with Crippen molar-refractivity contribution in [2.24, 2.45) is 11.8 Å². The Hall–Kier alpha value is -3.45. The summed E-state index contributed by atoms with van der Waals surface area (Å²) in [5.74, 6) is -1.74. The van der Waals surface area contributed by atoms with Gasteiger partial charge in [0.1, 0.15) is 6.61 Å². The van der Waals surface area contributed by atoms with E-state index in [0.29, 0.717) is 25.7 Å². The lowest BCUT2D eigenvalue weighted by atomic mass is 9.94. The largest absolute Gasteiger partial charge is 0.463 e. The van der Waals surface area contributed by atoms with Gasteiger partial charge in [-0.1, -0.05) is 72.8 Å². The number of hydrogen-bond acceptors (Lipinski definition) is 5. The molecule has 7 nitrogen and oxygen atoms in total. The molecule has 36 heavy (non-hydrogen) atoms. The molecule has 7 heteroatoms. The summed E-state index contributed by atoms with van der Waals surface area (Å²) in [7, 11) is 0. The van der Waals surface area contributed by atoms with Crippen molar-refractivity contribution >= 4 is 17.8 Å². The number of esters is 1. The molecular weight excluding hydrogens is 456 g/mol. The SMILES string of the molecule is C[C@@H](CO)NC(=O)C[C@H]1CC=CCC[C@H](Cc2ccccc2)C(=O)OC[C@@H](c2ccccc2)NC1=O. The second-order valence-corrected chi connectivity index (χ2v) is 9.33. The summed E-state index contributed by atoms with van der Waals surface area (Å²) in [5.41, 5.74) is 1.89. The number of amides is 2. The molecule has 2 amide bonds. The number of nitrogens with one attached hydrogen (secondary N) is 2. The molecule has 1 aliphatic heterocycles. The monoisotopic (exact) mass is 492 g/mol. The number of aliphatic hydroxyl groups is 1. The van der Waals surface area contributed by atoms with Crippen LogP contribution in [-0.2, 0) is 25.5 Å². The van der Waals surface area contributed by atoms with Crippen LogP contribution in [0.15, 0.2) is 72.8 Å². The number of ether oxygens (including phenoxy) is 1. The first-order chi connectivity index (χ1) is 17.5. The molecule has 0 bridgehead atoms. The van der Waals surface area contributed by atoms with Gasteiger partial charge in [-0.25, -0.2) is 0 Å². The zero-order valence-corrected chi connectivity index (χ0v) is 20.8. The van der Waals surface area contributed by atoms with Gasteiger partial charge >= 0.3 is 5.97 Å². The Kier molecular flexibility index (Phi) is 10.7. The van der Waals surface area contributed by atoms with E-state index in [1.54, 1.807) is 6.92 Å². The minimum absolute atomic E-state index is 0.00154. The summed E-state index contributed by atoms with van der Waals surface area (Å²) in [5, 5.41) is 14.9. The second kappa shape index (κ2) is 14.2. The van der Waals surface area contributed by atoms with E-state index in [1.165, 1.54) is 0 Å². The van der Waals surface area contributed by atoms with Crippen LogP contribution in [0.25, 0.3) is 0 Å². The van der Waals surface area contributed by atoms with Gasteiger partial charge < -0.3 is 20.5 Å². The molecule has 0 fully saturated rings. The summed E-state index contributed by atoms with van der Waals surface area (Å²) in [6.07, 6.45) is 6.14. The highest BCUT2D eigenvalue weighted by atomic mass is 16.5. The van der Waals surface area contributed by atoms with Crippen LogP contribution in [-0.4, -0.2) is 42.1 Å². The van der Waals surface area contributed by atoms with Crippen molar-refractivity contribution in [3.05, 3.63) is 83.9 Å². The number of allylic oxidation sites excluding steroid dienone is 2. The summed E-state index contributed by atoms with van der Waals surface area (Å²) in [4.78, 5) is 38.8. The molecule has 1 heterocycles. The molecule has 0 unspecified atom stereocenters. The van der Waals surface area contributed by atoms with E-state index in [1.807, 2.05) is 72.8 Å². The van der Waals surface area contributed by atoms with Crippen molar-refractivity contribution in [3.8, 4) is 0 Å². The quantitative estimate of drug-likeness (QED) is 0.405. The highest BCUT2D eigenvalue weighted by Gasteiger charge is 2.27. The zero-order valence-electron chi connectivity index (χ0n) is 20.8. The first-order valence-corrected chi connectivity index (χ1v) is 12.6. The van der Waals surface area contributed by atoms with Crippen molar-refractivity contribution in [1.29, 1.82) is 0 Å². The van der Waals surface area contributed by atoms with Crippen LogP contribution in [0.2, 0.25) is 0 Å². The molecule has 3 N–H and O–H groups in total. The average Bonchev–Trinajstić information content (AvgIpc) is 2.90. The number of benzene rings is 2. The molecule has 1 aliphatic rings. The fourth-order valence-corrected chi connectivity index (χ4v) is 4.24. The lowest BCUT2D eigenvalue weighted by Gasteiger charge is -2.24. The number of hydrogen-bond donors (Lipinski definition) is 3. The van der Waals surface area contributed by atoms with Crippen LogP contribution in [0.4, 0.5) is 0 Å². The van der Waals surface area contributed by atoms with E-state index in [9.17, 15) is 19.5 Å². The number of carbonyl (C=O) groups excluding carboxylic acids is 3. The smallest absolute Gasteiger partial charge is 0.309 e. The number of cyclic esters (lactones) is 1. The van der Waals surface area contributed by atoms with E-state index in [0.717, 1.165) is 11.1 Å². The zero-order chi connectivity index (χ0) is 25.8. The van der Waals surface area contributed by atoms with Crippen molar-refractivity contribution in [1.82, 2.24) is 10.6 Å². The topological polar surface area (TPSA) is 105 Å². The molecule has 0 spiro atoms. The van der Waals surface area contributed by atoms with E-state index >= 15 is 0 Å². The molecule has 4 atom stereocenters. The molecule has 0 aliphatic carbocycles. The number of rotatable bonds is 7. The third-order valence-electron chi connectivity index (χ3n) is 6.32. The fourth-order valence-electron chi connectivity index (χ4n) is 4.24. The highest BCUT2D eigenvalue weighted by molar-refractivity contribution is 5.86. The van der Waals surface area contributed by atoms with Gasteiger partial charge in [-0.2, -0.15) is 0 Å². The van der Waals surface area contributed by atoms with Gasteiger partial charge in [0.15, 0.2) is 0 Å². The van der Waals surface area contributed by atoms with Crippen LogP contribution in [0.1, 0.15) is 49.8 Å². The van der Waals surface area contributed by atoms with Crippen molar-refractivity contribution in [2.75, 3.05) is 13.2 Å². The van der Waals surface area contributed by atoms with E-state index in [2.05, 4.69) is 10.6 Å². The van der Waals surface area contributed by atoms with Gasteiger partial charge in [0, 0.05) is 12.5 Å². The Morgan fingerprint density at radius 3 is 2.44 bits per heavy atom. The third kappa shape index (κ3) is 8.64. The normalized spacial score (nSPS) is 22.2. The Labute approximate surface area is 212 Å². The molecule has 0 aromatic heterocycles. The Morgan fingerprint density at radius 2 is 1.75 bits per heavy atom. The maximum absolute atomic E-state index is 13.3. The molecule has 192 valence electrons. The van der Waals surface area contributed by atoms with Crippen LogP contribution in [0.5, 0.6) is 0 Å². The lowest BCUT2D eigenvalue weighted by molar-refractivity contribution is -0.150. The van der Waals surface area contributed by atoms with Gasteiger partial charge in [0.05, 0.1) is 24.5 Å². The van der Waals surface area contributed by atoms with Gasteiger partial charge in [0.25, 0.3) is 0 Å². The third-order valence-corrected chi connectivity index (χ3v) is 6.32. The number of aliphatic hydroxyl groups excluding tert-OH is 1. The fraction of sp³-hybridized carbons (Fsp3) is 0.414. The maximum atomic E-state index is 13.3. The van der Waals surface area contributed by atoms with E-state index < -0.39 is 12.0 Å². The predicted molar refractivity (Wildman–Crippen MR) is 138 cm³/mol. The molecule has 0 radical (unpaired) electrons. The molecule has 2 aromatic carbocycles. The van der Waals surface area contributed by atoms with E-state index in [4.69, 9.17) is 4.74 Å². The van der Waals surface area contributed by atoms with Crippen molar-refractivity contribution < 1.29 is 24.2 Å². The molecular formula is C29H36N2O5. The maximum Gasteiger partial charge on any atom is 0.309 e. The molecule has 3 rings (SSSR count). The summed E-state index contributed by atoms with van der Waals surface area (Å²) >= 11 is 0. The van der Waals surface area contributed by atoms with Crippen LogP contribution >= 0.6 is 0 Å². The first kappa shape index (κ1) is 27.1. The molecule has 0 saturated heterocycles. The summed E-state index contributed by atoms with van der Waals surface area (Å²) < 4.78 is 5.75. The lowest BCUT2D eigenvalue weighted by Crippen LogP contribution is -2.41. The Morgan fingerprint density at radius 1 is 1.06 bits per heavy atom. The van der Waals surface area contributed by atoms with Crippen molar-refractivity contribution in [2.45, 2.75) is 51.1 Å². The predicted octanol–water partition coefficient (Wildman–Crippen LogP) is 3.49.